The minimum atomic E-state index is -3.24. The van der Waals surface area contributed by atoms with E-state index >= 15 is 0 Å². The Hall–Kier alpha value is -2.42. The zero-order valence-corrected chi connectivity index (χ0v) is 16.1. The maximum absolute atomic E-state index is 12.8. The van der Waals surface area contributed by atoms with Gasteiger partial charge in [0.25, 0.3) is 11.8 Å². The van der Waals surface area contributed by atoms with Crippen molar-refractivity contribution in [3.63, 3.8) is 0 Å². The van der Waals surface area contributed by atoms with E-state index in [4.69, 9.17) is 0 Å². The summed E-state index contributed by atoms with van der Waals surface area (Å²) in [6.45, 7) is 2.11. The Morgan fingerprint density at radius 1 is 1.30 bits per heavy atom. The number of rotatable bonds is 4. The molecule has 1 aliphatic carbocycles. The molecule has 1 aromatic carbocycles. The first-order valence-electron chi connectivity index (χ1n) is 8.84. The lowest BCUT2D eigenvalue weighted by Crippen LogP contribution is -2.51. The highest BCUT2D eigenvalue weighted by Crippen LogP contribution is 2.35. The number of hydrogen-bond acceptors (Lipinski definition) is 5. The van der Waals surface area contributed by atoms with Crippen molar-refractivity contribution in [1.29, 1.82) is 0 Å². The SMILES string of the molecule is CC1CCC2(CC1)NC(=O)N(NC(=O)c1cccc(CS(C)(=O)=O)c1)C2=O. The van der Waals surface area contributed by atoms with Crippen molar-refractivity contribution >= 4 is 27.7 Å². The van der Waals surface area contributed by atoms with Crippen LogP contribution < -0.4 is 10.7 Å². The van der Waals surface area contributed by atoms with Crippen LogP contribution in [0.3, 0.4) is 0 Å². The molecule has 0 unspecified atom stereocenters. The van der Waals surface area contributed by atoms with Crippen molar-refractivity contribution in [2.45, 2.75) is 43.9 Å². The highest BCUT2D eigenvalue weighted by molar-refractivity contribution is 7.89. The molecule has 0 radical (unpaired) electrons. The number of sulfone groups is 1. The third kappa shape index (κ3) is 4.13. The van der Waals surface area contributed by atoms with E-state index in [1.165, 1.54) is 12.1 Å². The first-order chi connectivity index (χ1) is 12.6. The second-order valence-corrected chi connectivity index (χ2v) is 9.69. The van der Waals surface area contributed by atoms with Crippen LogP contribution in [0.15, 0.2) is 24.3 Å². The van der Waals surface area contributed by atoms with Crippen LogP contribution in [0.2, 0.25) is 0 Å². The Morgan fingerprint density at radius 3 is 2.59 bits per heavy atom. The number of imide groups is 1. The number of nitrogens with one attached hydrogen (secondary N) is 2. The van der Waals surface area contributed by atoms with Gasteiger partial charge in [0, 0.05) is 11.8 Å². The average molecular weight is 393 g/mol. The first kappa shape index (κ1) is 19.3. The highest BCUT2D eigenvalue weighted by atomic mass is 32.2. The van der Waals surface area contributed by atoms with Crippen LogP contribution in [0.1, 0.15) is 48.5 Å². The first-order valence-corrected chi connectivity index (χ1v) is 10.9. The Morgan fingerprint density at radius 2 is 1.96 bits per heavy atom. The van der Waals surface area contributed by atoms with E-state index in [2.05, 4.69) is 17.7 Å². The minimum absolute atomic E-state index is 0.176. The topological polar surface area (TPSA) is 113 Å². The normalized spacial score (nSPS) is 25.6. The molecular formula is C18H23N3O5S. The van der Waals surface area contributed by atoms with Gasteiger partial charge in [-0.2, -0.15) is 5.01 Å². The smallest absolute Gasteiger partial charge is 0.322 e. The molecule has 1 heterocycles. The molecule has 1 spiro atoms. The Bertz CT molecular complexity index is 888. The summed E-state index contributed by atoms with van der Waals surface area (Å²) in [6.07, 6.45) is 3.88. The van der Waals surface area contributed by atoms with Crippen LogP contribution in [0, 0.1) is 5.92 Å². The third-order valence-corrected chi connectivity index (χ3v) is 5.98. The predicted molar refractivity (Wildman–Crippen MR) is 98.2 cm³/mol. The number of carbonyl (C=O) groups excluding carboxylic acids is 3. The van der Waals surface area contributed by atoms with Crippen LogP contribution in [0.4, 0.5) is 4.79 Å². The number of urea groups is 1. The van der Waals surface area contributed by atoms with Gasteiger partial charge in [0.2, 0.25) is 0 Å². The van der Waals surface area contributed by atoms with E-state index in [0.29, 0.717) is 24.3 Å². The molecule has 2 fully saturated rings. The number of amides is 4. The molecule has 0 bridgehead atoms. The van der Waals surface area contributed by atoms with Gasteiger partial charge in [-0.25, -0.2) is 13.2 Å². The van der Waals surface area contributed by atoms with Crippen LogP contribution in [-0.2, 0) is 20.4 Å². The molecule has 1 aromatic rings. The second-order valence-electron chi connectivity index (χ2n) is 7.55. The quantitative estimate of drug-likeness (QED) is 0.751. The molecule has 1 saturated carbocycles. The Labute approximate surface area is 158 Å². The lowest BCUT2D eigenvalue weighted by atomic mass is 9.77. The second kappa shape index (κ2) is 6.95. The molecule has 4 amide bonds. The van der Waals surface area contributed by atoms with E-state index < -0.39 is 33.2 Å². The van der Waals surface area contributed by atoms with E-state index in [1.807, 2.05) is 0 Å². The van der Waals surface area contributed by atoms with Crippen LogP contribution in [-0.4, -0.2) is 43.1 Å². The van der Waals surface area contributed by atoms with Crippen LogP contribution >= 0.6 is 0 Å². The predicted octanol–water partition coefficient (Wildman–Crippen LogP) is 1.38. The monoisotopic (exact) mass is 393 g/mol. The summed E-state index contributed by atoms with van der Waals surface area (Å²) in [5, 5.41) is 3.47. The molecule has 3 rings (SSSR count). The van der Waals surface area contributed by atoms with Crippen molar-refractivity contribution in [3.8, 4) is 0 Å². The molecule has 1 aliphatic heterocycles. The zero-order valence-electron chi connectivity index (χ0n) is 15.3. The fraction of sp³-hybridized carbons (Fsp3) is 0.500. The summed E-state index contributed by atoms with van der Waals surface area (Å²) >= 11 is 0. The van der Waals surface area contributed by atoms with Gasteiger partial charge in [-0.3, -0.25) is 15.0 Å². The fourth-order valence-corrected chi connectivity index (χ4v) is 4.37. The largest absolute Gasteiger partial charge is 0.344 e. The fourth-order valence-electron chi connectivity index (χ4n) is 3.59. The summed E-state index contributed by atoms with van der Waals surface area (Å²) in [5.74, 6) is -0.782. The van der Waals surface area contributed by atoms with Gasteiger partial charge in [-0.1, -0.05) is 19.1 Å². The number of nitrogens with zero attached hydrogens (tertiary/aromatic N) is 1. The summed E-state index contributed by atoms with van der Waals surface area (Å²) in [7, 11) is -3.24. The summed E-state index contributed by atoms with van der Waals surface area (Å²) < 4.78 is 22.9. The highest BCUT2D eigenvalue weighted by Gasteiger charge is 2.52. The molecule has 0 aromatic heterocycles. The van der Waals surface area contributed by atoms with Gasteiger partial charge < -0.3 is 5.32 Å². The van der Waals surface area contributed by atoms with E-state index in [1.54, 1.807) is 12.1 Å². The number of carbonyl (C=O) groups is 3. The van der Waals surface area contributed by atoms with Gasteiger partial charge in [0.1, 0.15) is 5.54 Å². The maximum Gasteiger partial charge on any atom is 0.344 e. The number of hydrogen-bond donors (Lipinski definition) is 2. The van der Waals surface area contributed by atoms with E-state index in [-0.39, 0.29) is 11.3 Å². The van der Waals surface area contributed by atoms with Gasteiger partial charge in [-0.15, -0.1) is 0 Å². The van der Waals surface area contributed by atoms with Crippen molar-refractivity contribution in [1.82, 2.24) is 15.8 Å². The third-order valence-electron chi connectivity index (χ3n) is 5.12. The summed E-state index contributed by atoms with van der Waals surface area (Å²) in [5.41, 5.74) is 2.05. The van der Waals surface area contributed by atoms with Crippen molar-refractivity contribution in [2.75, 3.05) is 6.26 Å². The summed E-state index contributed by atoms with van der Waals surface area (Å²) in [4.78, 5) is 37.5. The molecular weight excluding hydrogens is 370 g/mol. The minimum Gasteiger partial charge on any atom is -0.322 e. The van der Waals surface area contributed by atoms with Gasteiger partial charge in [0.05, 0.1) is 5.75 Å². The molecule has 9 heteroatoms. The van der Waals surface area contributed by atoms with Crippen molar-refractivity contribution in [3.05, 3.63) is 35.4 Å². The molecule has 8 nitrogen and oxygen atoms in total. The van der Waals surface area contributed by atoms with Crippen molar-refractivity contribution < 1.29 is 22.8 Å². The van der Waals surface area contributed by atoms with Gasteiger partial charge >= 0.3 is 6.03 Å². The van der Waals surface area contributed by atoms with Gasteiger partial charge in [0.15, 0.2) is 9.84 Å². The standard InChI is InChI=1S/C18H23N3O5S/c1-12-6-8-18(9-7-12)16(23)21(17(24)19-18)20-15(22)14-5-3-4-13(10-14)11-27(2,25)26/h3-5,10,12H,6-9,11H2,1-2H3,(H,19,24)(H,20,22). The lowest BCUT2D eigenvalue weighted by molar-refractivity contribution is -0.134. The van der Waals surface area contributed by atoms with Crippen LogP contribution in [0.5, 0.6) is 0 Å². The zero-order chi connectivity index (χ0) is 19.8. The Balaban J connectivity index is 1.74. The van der Waals surface area contributed by atoms with Crippen molar-refractivity contribution in [2.24, 2.45) is 5.92 Å². The molecule has 2 aliphatic rings. The molecule has 1 saturated heterocycles. The molecule has 0 atom stereocenters. The van der Waals surface area contributed by atoms with Crippen LogP contribution in [0.25, 0.3) is 0 Å². The Kier molecular flexibility index (Phi) is 4.98. The van der Waals surface area contributed by atoms with Gasteiger partial charge in [-0.05, 0) is 49.3 Å². The number of benzene rings is 1. The summed E-state index contributed by atoms with van der Waals surface area (Å²) in [6, 6.07) is 5.45. The average Bonchev–Trinajstić information content (AvgIpc) is 2.81. The van der Waals surface area contributed by atoms with E-state index in [0.717, 1.165) is 24.1 Å². The lowest BCUT2D eigenvalue weighted by Gasteiger charge is -2.33. The molecule has 27 heavy (non-hydrogen) atoms. The molecule has 2 N–H and O–H groups in total. The van der Waals surface area contributed by atoms with E-state index in [9.17, 15) is 22.8 Å². The maximum atomic E-state index is 12.8. The molecule has 146 valence electrons. The number of hydrazine groups is 1.